The van der Waals surface area contributed by atoms with Crippen LogP contribution in [0.1, 0.15) is 48.5 Å². The molecule has 142 valence electrons. The van der Waals surface area contributed by atoms with Crippen LogP contribution in [0.2, 0.25) is 11.7 Å². The summed E-state index contributed by atoms with van der Waals surface area (Å²) >= 11 is 0. The third kappa shape index (κ3) is 9.88. The van der Waals surface area contributed by atoms with E-state index in [0.717, 1.165) is 6.04 Å². The summed E-state index contributed by atoms with van der Waals surface area (Å²) in [6.07, 6.45) is 0. The van der Waals surface area contributed by atoms with Gasteiger partial charge < -0.3 is 22.1 Å². The first-order chi connectivity index (χ1) is 10.4. The van der Waals surface area contributed by atoms with Crippen molar-refractivity contribution in [1.82, 2.24) is 0 Å². The van der Waals surface area contributed by atoms with E-state index in [4.69, 9.17) is 22.1 Å². The summed E-state index contributed by atoms with van der Waals surface area (Å²) in [6, 6.07) is 0.927. The minimum absolute atomic E-state index is 0. The highest BCUT2D eigenvalue weighted by Gasteiger charge is 2.53. The molecule has 0 saturated heterocycles. The van der Waals surface area contributed by atoms with Crippen LogP contribution in [-0.2, 0) is 22.1 Å². The quantitative estimate of drug-likeness (QED) is 0.273. The number of rotatable bonds is 14. The van der Waals surface area contributed by atoms with Crippen LogP contribution in [-0.4, -0.2) is 50.4 Å². The molecule has 0 N–H and O–H groups in total. The van der Waals surface area contributed by atoms with Crippen LogP contribution < -0.4 is 0 Å². The van der Waals surface area contributed by atoms with E-state index in [0.29, 0.717) is 44.6 Å². The molecule has 0 aromatic heterocycles. The molecular weight excluding hydrogens is 443 g/mol. The van der Waals surface area contributed by atoms with E-state index < -0.39 is 17.4 Å². The highest BCUT2D eigenvalue weighted by Crippen LogP contribution is 2.31. The molecule has 0 aliphatic rings. The Morgan fingerprint density at radius 3 is 1.26 bits per heavy atom. The Bertz CT molecular complexity index is 260. The summed E-state index contributed by atoms with van der Waals surface area (Å²) in [5.74, 6) is 0.501. The zero-order valence-corrected chi connectivity index (χ0v) is 20.3. The van der Waals surface area contributed by atoms with Crippen molar-refractivity contribution in [1.29, 1.82) is 0 Å². The highest BCUT2D eigenvalue weighted by atomic mass is 127. The Morgan fingerprint density at radius 2 is 1.00 bits per heavy atom. The molecule has 0 rings (SSSR count). The number of hydrogen-bond acceptors (Lipinski definition) is 5. The fraction of sp³-hybridized carbons (Fsp3) is 1.00. The fourth-order valence-electron chi connectivity index (χ4n) is 2.75. The Balaban J connectivity index is 0. The maximum atomic E-state index is 6.19. The molecule has 0 fully saturated rings. The van der Waals surface area contributed by atoms with Gasteiger partial charge in [-0.1, -0.05) is 13.8 Å². The molecule has 0 aromatic rings. The molecule has 0 aliphatic carbocycles. The molecule has 0 unspecified atom stereocenters. The molecule has 0 atom stereocenters. The molecule has 0 spiro atoms. The molecular formula is C15H37IO5Si2. The summed E-state index contributed by atoms with van der Waals surface area (Å²) in [6.45, 7) is 17.4. The molecule has 0 radical (unpaired) electrons. The van der Waals surface area contributed by atoms with Crippen LogP contribution in [0, 0.1) is 5.92 Å². The second-order valence-electron chi connectivity index (χ2n) is 5.53. The van der Waals surface area contributed by atoms with Crippen molar-refractivity contribution in [2.45, 2.75) is 60.2 Å². The van der Waals surface area contributed by atoms with E-state index in [1.165, 1.54) is 0 Å². The van der Waals surface area contributed by atoms with E-state index in [9.17, 15) is 0 Å². The van der Waals surface area contributed by atoms with Crippen LogP contribution in [0.15, 0.2) is 0 Å². The summed E-state index contributed by atoms with van der Waals surface area (Å²) in [5, 5.41) is 0. The van der Waals surface area contributed by atoms with Gasteiger partial charge in [0.05, 0.1) is 5.67 Å². The van der Waals surface area contributed by atoms with Crippen LogP contribution >= 0.6 is 24.0 Å². The predicted molar refractivity (Wildman–Crippen MR) is 110 cm³/mol. The third-order valence-electron chi connectivity index (χ3n) is 3.11. The van der Waals surface area contributed by atoms with E-state index in [-0.39, 0.29) is 24.0 Å². The predicted octanol–water partition coefficient (Wildman–Crippen LogP) is 4.36. The van der Waals surface area contributed by atoms with Crippen molar-refractivity contribution >= 4 is 41.3 Å². The molecule has 0 aliphatic heterocycles. The van der Waals surface area contributed by atoms with Crippen molar-refractivity contribution < 1.29 is 22.1 Å². The van der Waals surface area contributed by atoms with Gasteiger partial charge in [0.25, 0.3) is 0 Å². The SMILES string of the molecule is CCO[Si](CC(C)C)(C[Si](OCC)(OCC)OCC)OCC.I. The summed E-state index contributed by atoms with van der Waals surface area (Å²) < 4.78 is 30.4. The molecule has 0 bridgehead atoms. The van der Waals surface area contributed by atoms with Gasteiger partial charge in [-0.25, -0.2) is 0 Å². The van der Waals surface area contributed by atoms with Gasteiger partial charge in [-0.05, 0) is 46.6 Å². The van der Waals surface area contributed by atoms with Gasteiger partial charge in [-0.2, -0.15) is 0 Å². The van der Waals surface area contributed by atoms with Crippen molar-refractivity contribution in [3.05, 3.63) is 0 Å². The summed E-state index contributed by atoms with van der Waals surface area (Å²) in [5.41, 5.74) is 0.662. The van der Waals surface area contributed by atoms with Crippen LogP contribution in [0.25, 0.3) is 0 Å². The molecule has 8 heteroatoms. The minimum atomic E-state index is -2.76. The highest BCUT2D eigenvalue weighted by molar-refractivity contribution is 14.0. The van der Waals surface area contributed by atoms with Crippen LogP contribution in [0.3, 0.4) is 0 Å². The molecule has 23 heavy (non-hydrogen) atoms. The monoisotopic (exact) mass is 480 g/mol. The number of hydrogen-bond donors (Lipinski definition) is 0. The lowest BCUT2D eigenvalue weighted by Gasteiger charge is -2.37. The first kappa shape index (κ1) is 26.2. The van der Waals surface area contributed by atoms with E-state index >= 15 is 0 Å². The number of halogens is 1. The smallest absolute Gasteiger partial charge is 0.394 e. The third-order valence-corrected chi connectivity index (χ3v) is 12.3. The lowest BCUT2D eigenvalue weighted by atomic mass is 10.3. The topological polar surface area (TPSA) is 46.2 Å². The van der Waals surface area contributed by atoms with Gasteiger partial charge in [0.2, 0.25) is 0 Å². The molecule has 5 nitrogen and oxygen atoms in total. The molecule has 0 saturated carbocycles. The van der Waals surface area contributed by atoms with E-state index in [2.05, 4.69) is 13.8 Å². The summed E-state index contributed by atoms with van der Waals surface area (Å²) in [4.78, 5) is 0. The molecule has 0 amide bonds. The molecule has 0 heterocycles. The van der Waals surface area contributed by atoms with Gasteiger partial charge >= 0.3 is 17.4 Å². The van der Waals surface area contributed by atoms with Crippen molar-refractivity contribution in [2.24, 2.45) is 5.92 Å². The first-order valence-corrected chi connectivity index (χ1v) is 12.8. The fourth-order valence-corrected chi connectivity index (χ4v) is 12.2. The normalized spacial score (nSPS) is 12.5. The lowest BCUT2D eigenvalue weighted by Crippen LogP contribution is -2.57. The Hall–Kier alpha value is 0.964. The Labute approximate surface area is 162 Å². The van der Waals surface area contributed by atoms with Crippen molar-refractivity contribution in [3.8, 4) is 0 Å². The summed E-state index contributed by atoms with van der Waals surface area (Å²) in [7, 11) is -5.18. The van der Waals surface area contributed by atoms with E-state index in [1.807, 2.05) is 34.6 Å². The van der Waals surface area contributed by atoms with Crippen LogP contribution in [0.5, 0.6) is 0 Å². The minimum Gasteiger partial charge on any atom is -0.394 e. The average molecular weight is 481 g/mol. The van der Waals surface area contributed by atoms with Gasteiger partial charge in [0, 0.05) is 33.0 Å². The standard InChI is InChI=1S/C15H36O5Si2.HI/c1-8-16-21(17-9-2,13-15(6)7)14-22(18-10-3,19-11-4)20-12-5;/h15H,8-14H2,1-7H3;1H. The van der Waals surface area contributed by atoms with Crippen LogP contribution in [0.4, 0.5) is 0 Å². The first-order valence-electron chi connectivity index (χ1n) is 8.62. The zero-order valence-electron chi connectivity index (χ0n) is 16.0. The lowest BCUT2D eigenvalue weighted by molar-refractivity contribution is 0.0699. The second-order valence-corrected chi connectivity index (χ2v) is 12.0. The van der Waals surface area contributed by atoms with Gasteiger partial charge in [-0.3, -0.25) is 0 Å². The van der Waals surface area contributed by atoms with Gasteiger partial charge in [-0.15, -0.1) is 24.0 Å². The maximum absolute atomic E-state index is 6.19. The second kappa shape index (κ2) is 14.2. The Morgan fingerprint density at radius 1 is 0.652 bits per heavy atom. The van der Waals surface area contributed by atoms with Crippen molar-refractivity contribution in [3.63, 3.8) is 0 Å². The molecule has 0 aromatic carbocycles. The van der Waals surface area contributed by atoms with Gasteiger partial charge in [0.1, 0.15) is 0 Å². The maximum Gasteiger partial charge on any atom is 0.502 e. The van der Waals surface area contributed by atoms with Crippen molar-refractivity contribution in [2.75, 3.05) is 33.0 Å². The zero-order chi connectivity index (χ0) is 17.1. The van der Waals surface area contributed by atoms with Gasteiger partial charge in [0.15, 0.2) is 0 Å². The Kier molecular flexibility index (Phi) is 16.1. The largest absolute Gasteiger partial charge is 0.502 e. The van der Waals surface area contributed by atoms with E-state index in [1.54, 1.807) is 0 Å². The average Bonchev–Trinajstić information content (AvgIpc) is 2.39.